The fraction of sp³-hybridized carbons (Fsp3) is 0.211. The molecule has 6 nitrogen and oxygen atoms in total. The standard InChI is InChI=1S/C19H19N3O3S/c1-3-24-15-9-11-16(12-10-15)25-17(23)13-26-19-21-20-18(22(19)2)14-7-5-4-6-8-14/h4-12H,3,13H2,1-2H3. The van der Waals surface area contributed by atoms with Gasteiger partial charge in [0.25, 0.3) is 0 Å². The molecule has 0 spiro atoms. The molecule has 26 heavy (non-hydrogen) atoms. The van der Waals surface area contributed by atoms with Crippen molar-refractivity contribution in [2.45, 2.75) is 12.1 Å². The van der Waals surface area contributed by atoms with E-state index in [9.17, 15) is 4.79 Å². The van der Waals surface area contributed by atoms with E-state index in [1.165, 1.54) is 11.8 Å². The van der Waals surface area contributed by atoms with E-state index < -0.39 is 0 Å². The number of carbonyl (C=O) groups excluding carboxylic acids is 1. The summed E-state index contributed by atoms with van der Waals surface area (Å²) >= 11 is 1.29. The van der Waals surface area contributed by atoms with Gasteiger partial charge < -0.3 is 14.0 Å². The molecule has 0 amide bonds. The third-order valence-corrected chi connectivity index (χ3v) is 4.55. The van der Waals surface area contributed by atoms with E-state index in [0.29, 0.717) is 17.5 Å². The number of thioether (sulfide) groups is 1. The Hall–Kier alpha value is -2.80. The zero-order valence-electron chi connectivity index (χ0n) is 14.6. The zero-order valence-corrected chi connectivity index (χ0v) is 15.4. The largest absolute Gasteiger partial charge is 0.494 e. The first-order valence-electron chi connectivity index (χ1n) is 8.18. The molecule has 3 rings (SSSR count). The summed E-state index contributed by atoms with van der Waals surface area (Å²) in [5, 5.41) is 9.02. The van der Waals surface area contributed by atoms with E-state index in [1.54, 1.807) is 24.3 Å². The van der Waals surface area contributed by atoms with E-state index in [1.807, 2.05) is 48.9 Å². The van der Waals surface area contributed by atoms with Crippen LogP contribution in [0.1, 0.15) is 6.92 Å². The Morgan fingerprint density at radius 3 is 2.42 bits per heavy atom. The number of ether oxygens (including phenoxy) is 2. The highest BCUT2D eigenvalue weighted by molar-refractivity contribution is 7.99. The second-order valence-corrected chi connectivity index (χ2v) is 6.34. The third kappa shape index (κ3) is 4.43. The average Bonchev–Trinajstić information content (AvgIpc) is 3.03. The monoisotopic (exact) mass is 369 g/mol. The maximum atomic E-state index is 12.1. The number of esters is 1. The van der Waals surface area contributed by atoms with Crippen molar-refractivity contribution in [1.29, 1.82) is 0 Å². The summed E-state index contributed by atoms with van der Waals surface area (Å²) in [6, 6.07) is 16.8. The van der Waals surface area contributed by atoms with Crippen LogP contribution in [-0.4, -0.2) is 33.1 Å². The van der Waals surface area contributed by atoms with Crippen LogP contribution in [-0.2, 0) is 11.8 Å². The van der Waals surface area contributed by atoms with E-state index in [-0.39, 0.29) is 11.7 Å². The number of hydrogen-bond donors (Lipinski definition) is 0. The van der Waals surface area contributed by atoms with Crippen LogP contribution in [0.3, 0.4) is 0 Å². The normalized spacial score (nSPS) is 10.5. The SMILES string of the molecule is CCOc1ccc(OC(=O)CSc2nnc(-c3ccccc3)n2C)cc1. The number of aromatic nitrogens is 3. The van der Waals surface area contributed by atoms with Crippen molar-refractivity contribution in [3.63, 3.8) is 0 Å². The molecule has 0 atom stereocenters. The van der Waals surface area contributed by atoms with Crippen LogP contribution in [0.25, 0.3) is 11.4 Å². The minimum atomic E-state index is -0.344. The maximum absolute atomic E-state index is 12.1. The van der Waals surface area contributed by atoms with Gasteiger partial charge in [-0.15, -0.1) is 10.2 Å². The Balaban J connectivity index is 1.57. The Kier molecular flexibility index (Phi) is 5.91. The summed E-state index contributed by atoms with van der Waals surface area (Å²) in [5.74, 6) is 1.79. The van der Waals surface area contributed by atoms with Gasteiger partial charge in [0.15, 0.2) is 11.0 Å². The predicted octanol–water partition coefficient (Wildman–Crippen LogP) is 3.58. The molecule has 0 fully saturated rings. The third-order valence-electron chi connectivity index (χ3n) is 3.55. The molecule has 0 saturated carbocycles. The van der Waals surface area contributed by atoms with Gasteiger partial charge in [0.05, 0.1) is 12.4 Å². The topological polar surface area (TPSA) is 66.2 Å². The molecule has 2 aromatic carbocycles. The number of carbonyl (C=O) groups is 1. The van der Waals surface area contributed by atoms with Crippen LogP contribution < -0.4 is 9.47 Å². The number of hydrogen-bond acceptors (Lipinski definition) is 6. The fourth-order valence-electron chi connectivity index (χ4n) is 2.33. The predicted molar refractivity (Wildman–Crippen MR) is 100 cm³/mol. The van der Waals surface area contributed by atoms with E-state index in [0.717, 1.165) is 17.1 Å². The minimum Gasteiger partial charge on any atom is -0.494 e. The highest BCUT2D eigenvalue weighted by Crippen LogP contribution is 2.23. The highest BCUT2D eigenvalue weighted by atomic mass is 32.2. The molecule has 0 unspecified atom stereocenters. The fourth-order valence-corrected chi connectivity index (χ4v) is 3.02. The maximum Gasteiger partial charge on any atom is 0.321 e. The molecule has 0 bridgehead atoms. The van der Waals surface area contributed by atoms with Gasteiger partial charge in [-0.25, -0.2) is 0 Å². The summed E-state index contributed by atoms with van der Waals surface area (Å²) in [7, 11) is 1.88. The first-order valence-corrected chi connectivity index (χ1v) is 9.17. The molecule has 3 aromatic rings. The van der Waals surface area contributed by atoms with Gasteiger partial charge in [-0.3, -0.25) is 4.79 Å². The van der Waals surface area contributed by atoms with Crippen LogP contribution in [0.15, 0.2) is 59.8 Å². The highest BCUT2D eigenvalue weighted by Gasteiger charge is 2.13. The molecule has 134 valence electrons. The molecule has 0 aliphatic heterocycles. The summed E-state index contributed by atoms with van der Waals surface area (Å²) in [6.07, 6.45) is 0. The summed E-state index contributed by atoms with van der Waals surface area (Å²) in [6.45, 7) is 2.51. The first-order chi connectivity index (χ1) is 12.7. The molecule has 0 radical (unpaired) electrons. The summed E-state index contributed by atoms with van der Waals surface area (Å²) in [5.41, 5.74) is 0.978. The van der Waals surface area contributed by atoms with Crippen molar-refractivity contribution in [1.82, 2.24) is 14.8 Å². The van der Waals surface area contributed by atoms with Crippen molar-refractivity contribution in [2.75, 3.05) is 12.4 Å². The molecule has 7 heteroatoms. The van der Waals surface area contributed by atoms with Crippen molar-refractivity contribution >= 4 is 17.7 Å². The van der Waals surface area contributed by atoms with Crippen LogP contribution in [0.2, 0.25) is 0 Å². The van der Waals surface area contributed by atoms with Crippen LogP contribution in [0.4, 0.5) is 0 Å². The number of nitrogens with zero attached hydrogens (tertiary/aromatic N) is 3. The van der Waals surface area contributed by atoms with Gasteiger partial charge >= 0.3 is 5.97 Å². The molecule has 0 saturated heterocycles. The minimum absolute atomic E-state index is 0.147. The lowest BCUT2D eigenvalue weighted by Gasteiger charge is -2.06. The quantitative estimate of drug-likeness (QED) is 0.360. The van der Waals surface area contributed by atoms with Crippen LogP contribution in [0.5, 0.6) is 11.5 Å². The molecule has 0 N–H and O–H groups in total. The number of benzene rings is 2. The van der Waals surface area contributed by atoms with Gasteiger partial charge in [0.1, 0.15) is 11.5 Å². The number of rotatable bonds is 7. The van der Waals surface area contributed by atoms with Gasteiger partial charge in [-0.05, 0) is 31.2 Å². The molecule has 1 aromatic heterocycles. The van der Waals surface area contributed by atoms with Gasteiger partial charge in [-0.2, -0.15) is 0 Å². The molecule has 0 aliphatic carbocycles. The second-order valence-electron chi connectivity index (χ2n) is 5.40. The Morgan fingerprint density at radius 2 is 1.73 bits per heavy atom. The van der Waals surface area contributed by atoms with Crippen LogP contribution in [0, 0.1) is 0 Å². The summed E-state index contributed by atoms with van der Waals surface area (Å²) < 4.78 is 12.6. The molecular formula is C19H19N3O3S. The second kappa shape index (κ2) is 8.53. The Bertz CT molecular complexity index is 863. The Labute approximate surface area is 156 Å². The lowest BCUT2D eigenvalue weighted by molar-refractivity contribution is -0.131. The molecule has 1 heterocycles. The lowest BCUT2D eigenvalue weighted by atomic mass is 10.2. The van der Waals surface area contributed by atoms with E-state index >= 15 is 0 Å². The van der Waals surface area contributed by atoms with E-state index in [2.05, 4.69) is 10.2 Å². The molecule has 0 aliphatic rings. The summed E-state index contributed by atoms with van der Waals surface area (Å²) in [4.78, 5) is 12.1. The smallest absolute Gasteiger partial charge is 0.321 e. The zero-order chi connectivity index (χ0) is 18.4. The van der Waals surface area contributed by atoms with Crippen LogP contribution >= 0.6 is 11.8 Å². The lowest BCUT2D eigenvalue weighted by Crippen LogP contribution is -2.11. The van der Waals surface area contributed by atoms with Crippen molar-refractivity contribution in [3.05, 3.63) is 54.6 Å². The van der Waals surface area contributed by atoms with Crippen molar-refractivity contribution in [3.8, 4) is 22.9 Å². The van der Waals surface area contributed by atoms with Gasteiger partial charge in [0, 0.05) is 12.6 Å². The average molecular weight is 369 g/mol. The Morgan fingerprint density at radius 1 is 1.04 bits per heavy atom. The van der Waals surface area contributed by atoms with Crippen molar-refractivity contribution in [2.24, 2.45) is 7.05 Å². The first kappa shape index (κ1) is 18.0. The van der Waals surface area contributed by atoms with Crippen molar-refractivity contribution < 1.29 is 14.3 Å². The molecular weight excluding hydrogens is 350 g/mol. The van der Waals surface area contributed by atoms with E-state index in [4.69, 9.17) is 9.47 Å². The van der Waals surface area contributed by atoms with Gasteiger partial charge in [0.2, 0.25) is 0 Å². The van der Waals surface area contributed by atoms with Gasteiger partial charge in [-0.1, -0.05) is 42.1 Å².